The van der Waals surface area contributed by atoms with Crippen LogP contribution in [0.4, 0.5) is 0 Å². The van der Waals surface area contributed by atoms with Gasteiger partial charge < -0.3 is 15.1 Å². The summed E-state index contributed by atoms with van der Waals surface area (Å²) in [5, 5.41) is 3.97. The van der Waals surface area contributed by atoms with Gasteiger partial charge in [0.1, 0.15) is 0 Å². The van der Waals surface area contributed by atoms with E-state index < -0.39 is 0 Å². The zero-order chi connectivity index (χ0) is 17.0. The first kappa shape index (κ1) is 18.0. The van der Waals surface area contributed by atoms with Crippen LogP contribution in [0, 0.1) is 0 Å². The summed E-state index contributed by atoms with van der Waals surface area (Å²) in [6.45, 7) is 6.93. The summed E-state index contributed by atoms with van der Waals surface area (Å²) in [7, 11) is 0. The number of piperazine rings is 1. The van der Waals surface area contributed by atoms with Crippen molar-refractivity contribution in [3.63, 3.8) is 0 Å². The molecule has 1 atom stereocenters. The SMILES string of the molecule is CC(=O)N1CC[NH+](CC(=O)N[C@H](C)c2ccc(Cl)c(Cl)c2)CC1. The van der Waals surface area contributed by atoms with E-state index in [0.717, 1.165) is 18.7 Å². The van der Waals surface area contributed by atoms with Crippen LogP contribution in [0.3, 0.4) is 0 Å². The molecule has 0 spiro atoms. The summed E-state index contributed by atoms with van der Waals surface area (Å²) in [5.41, 5.74) is 0.921. The molecular formula is C16H22Cl2N3O2+. The second-order valence-corrected chi connectivity index (χ2v) is 6.71. The number of benzene rings is 1. The van der Waals surface area contributed by atoms with E-state index in [1.165, 1.54) is 4.90 Å². The summed E-state index contributed by atoms with van der Waals surface area (Å²) < 4.78 is 0. The van der Waals surface area contributed by atoms with E-state index in [2.05, 4.69) is 5.32 Å². The highest BCUT2D eigenvalue weighted by atomic mass is 35.5. The van der Waals surface area contributed by atoms with Gasteiger partial charge in [-0.15, -0.1) is 0 Å². The number of halogens is 2. The molecule has 0 aliphatic carbocycles. The predicted octanol–water partition coefficient (Wildman–Crippen LogP) is 0.918. The first-order valence-corrected chi connectivity index (χ1v) is 8.46. The Morgan fingerprint density at radius 3 is 2.48 bits per heavy atom. The highest BCUT2D eigenvalue weighted by molar-refractivity contribution is 6.42. The molecule has 0 radical (unpaired) electrons. The van der Waals surface area contributed by atoms with Gasteiger partial charge in [0.15, 0.2) is 6.54 Å². The van der Waals surface area contributed by atoms with Crippen LogP contribution in [-0.4, -0.2) is 49.4 Å². The van der Waals surface area contributed by atoms with Crippen LogP contribution in [0.5, 0.6) is 0 Å². The molecule has 1 aliphatic rings. The number of rotatable bonds is 4. The molecule has 1 fully saturated rings. The lowest BCUT2D eigenvalue weighted by Gasteiger charge is -2.31. The number of amides is 2. The lowest BCUT2D eigenvalue weighted by Crippen LogP contribution is -3.15. The summed E-state index contributed by atoms with van der Waals surface area (Å²) in [6, 6.07) is 5.23. The molecule has 23 heavy (non-hydrogen) atoms. The highest BCUT2D eigenvalue weighted by Crippen LogP contribution is 2.25. The number of hydrogen-bond acceptors (Lipinski definition) is 2. The van der Waals surface area contributed by atoms with E-state index in [4.69, 9.17) is 23.2 Å². The van der Waals surface area contributed by atoms with Crippen LogP contribution in [0.15, 0.2) is 18.2 Å². The van der Waals surface area contributed by atoms with E-state index in [-0.39, 0.29) is 17.9 Å². The van der Waals surface area contributed by atoms with Crippen molar-refractivity contribution in [1.29, 1.82) is 0 Å². The molecule has 2 rings (SSSR count). The number of nitrogens with zero attached hydrogens (tertiary/aromatic N) is 1. The molecule has 0 unspecified atom stereocenters. The summed E-state index contributed by atoms with van der Waals surface area (Å²) >= 11 is 11.9. The van der Waals surface area contributed by atoms with Gasteiger partial charge in [-0.25, -0.2) is 0 Å². The van der Waals surface area contributed by atoms with E-state index in [1.54, 1.807) is 19.1 Å². The molecule has 1 heterocycles. The second-order valence-electron chi connectivity index (χ2n) is 5.90. The minimum absolute atomic E-state index is 0.00477. The van der Waals surface area contributed by atoms with E-state index in [0.29, 0.717) is 29.7 Å². The van der Waals surface area contributed by atoms with Gasteiger partial charge in [0.05, 0.1) is 42.3 Å². The highest BCUT2D eigenvalue weighted by Gasteiger charge is 2.24. The van der Waals surface area contributed by atoms with Crippen LogP contribution in [0.2, 0.25) is 10.0 Å². The monoisotopic (exact) mass is 358 g/mol. The van der Waals surface area contributed by atoms with Crippen molar-refractivity contribution in [2.75, 3.05) is 32.7 Å². The quantitative estimate of drug-likeness (QED) is 0.840. The van der Waals surface area contributed by atoms with Crippen molar-refractivity contribution in [1.82, 2.24) is 10.2 Å². The van der Waals surface area contributed by atoms with Crippen LogP contribution >= 0.6 is 23.2 Å². The molecule has 1 saturated heterocycles. The maximum Gasteiger partial charge on any atom is 0.275 e. The van der Waals surface area contributed by atoms with E-state index in [9.17, 15) is 9.59 Å². The van der Waals surface area contributed by atoms with Crippen molar-refractivity contribution < 1.29 is 14.5 Å². The summed E-state index contributed by atoms with van der Waals surface area (Å²) in [6.07, 6.45) is 0. The van der Waals surface area contributed by atoms with Gasteiger partial charge in [-0.2, -0.15) is 0 Å². The Labute approximate surface area is 146 Å². The fraction of sp³-hybridized carbons (Fsp3) is 0.500. The lowest BCUT2D eigenvalue weighted by molar-refractivity contribution is -0.896. The van der Waals surface area contributed by atoms with Gasteiger partial charge in [0.25, 0.3) is 5.91 Å². The summed E-state index contributed by atoms with van der Waals surface area (Å²) in [4.78, 5) is 26.5. The molecule has 0 saturated carbocycles. The normalized spacial score (nSPS) is 17.0. The number of hydrogen-bond donors (Lipinski definition) is 2. The zero-order valence-corrected chi connectivity index (χ0v) is 14.9. The Balaban J connectivity index is 1.82. The zero-order valence-electron chi connectivity index (χ0n) is 13.4. The fourth-order valence-corrected chi connectivity index (χ4v) is 3.01. The molecule has 126 valence electrons. The lowest BCUT2D eigenvalue weighted by atomic mass is 10.1. The minimum atomic E-state index is -0.129. The molecule has 7 heteroatoms. The molecule has 1 aromatic carbocycles. The first-order valence-electron chi connectivity index (χ1n) is 7.70. The fourth-order valence-electron chi connectivity index (χ4n) is 2.70. The number of carbonyl (C=O) groups is 2. The average Bonchev–Trinajstić information content (AvgIpc) is 2.50. The smallest absolute Gasteiger partial charge is 0.275 e. The van der Waals surface area contributed by atoms with Gasteiger partial charge in [-0.3, -0.25) is 9.59 Å². The molecule has 5 nitrogen and oxygen atoms in total. The van der Waals surface area contributed by atoms with Crippen LogP contribution in [-0.2, 0) is 9.59 Å². The van der Waals surface area contributed by atoms with Gasteiger partial charge >= 0.3 is 0 Å². The third kappa shape index (κ3) is 5.09. The van der Waals surface area contributed by atoms with Gasteiger partial charge in [0, 0.05) is 6.92 Å². The minimum Gasteiger partial charge on any atom is -0.345 e. The van der Waals surface area contributed by atoms with Crippen molar-refractivity contribution in [2.24, 2.45) is 0 Å². The van der Waals surface area contributed by atoms with Gasteiger partial charge in [0.2, 0.25) is 5.91 Å². The van der Waals surface area contributed by atoms with E-state index in [1.807, 2.05) is 17.9 Å². The van der Waals surface area contributed by atoms with Crippen molar-refractivity contribution in [3.8, 4) is 0 Å². The third-order valence-corrected chi connectivity index (χ3v) is 4.89. The predicted molar refractivity (Wildman–Crippen MR) is 90.8 cm³/mol. The Hall–Kier alpha value is -1.30. The molecule has 2 amide bonds. The maximum atomic E-state index is 12.2. The summed E-state index contributed by atoms with van der Waals surface area (Å²) in [5.74, 6) is 0.0941. The third-order valence-electron chi connectivity index (χ3n) is 4.15. The van der Waals surface area contributed by atoms with Crippen molar-refractivity contribution >= 4 is 35.0 Å². The van der Waals surface area contributed by atoms with Gasteiger partial charge in [-0.05, 0) is 24.6 Å². The Bertz CT molecular complexity index is 587. The van der Waals surface area contributed by atoms with Crippen LogP contribution in [0.25, 0.3) is 0 Å². The molecule has 1 aliphatic heterocycles. The van der Waals surface area contributed by atoms with Crippen LogP contribution in [0.1, 0.15) is 25.5 Å². The Morgan fingerprint density at radius 2 is 1.91 bits per heavy atom. The molecule has 1 aromatic rings. The topological polar surface area (TPSA) is 53.9 Å². The van der Waals surface area contributed by atoms with Crippen molar-refractivity contribution in [2.45, 2.75) is 19.9 Å². The molecule has 0 aromatic heterocycles. The molecular weight excluding hydrogens is 337 g/mol. The second kappa shape index (κ2) is 7.99. The maximum absolute atomic E-state index is 12.2. The average molecular weight is 359 g/mol. The van der Waals surface area contributed by atoms with E-state index >= 15 is 0 Å². The van der Waals surface area contributed by atoms with Crippen molar-refractivity contribution in [3.05, 3.63) is 33.8 Å². The Morgan fingerprint density at radius 1 is 1.26 bits per heavy atom. The number of carbonyl (C=O) groups excluding carboxylic acids is 2. The van der Waals surface area contributed by atoms with Gasteiger partial charge in [-0.1, -0.05) is 29.3 Å². The number of quaternary nitrogens is 1. The van der Waals surface area contributed by atoms with Crippen LogP contribution < -0.4 is 10.2 Å². The molecule has 2 N–H and O–H groups in total. The largest absolute Gasteiger partial charge is 0.345 e. The first-order chi connectivity index (χ1) is 10.9. The number of nitrogens with one attached hydrogen (secondary N) is 2. The molecule has 0 bridgehead atoms. The standard InChI is InChI=1S/C16H21Cl2N3O2/c1-11(13-3-4-14(17)15(18)9-13)19-16(23)10-20-5-7-21(8-6-20)12(2)22/h3-4,9,11H,5-8,10H2,1-2H3,(H,19,23)/p+1/t11-/m1/s1. The Kier molecular flexibility index (Phi) is 6.27.